The number of carbonyl (C=O) groups is 2. The van der Waals surface area contributed by atoms with Crippen molar-refractivity contribution in [1.29, 1.82) is 5.26 Å². The van der Waals surface area contributed by atoms with Gasteiger partial charge < -0.3 is 14.8 Å². The molecule has 0 spiro atoms. The molecule has 0 bridgehead atoms. The van der Waals surface area contributed by atoms with Gasteiger partial charge >= 0.3 is 6.09 Å². The SMILES string of the molecule is COc1cc(CN(Cc2ccccc2)C(=O)OC(C)(C)C)ccc1C(=O)C=C(Nc1cnc(C#N)cn1)SC. The zero-order valence-corrected chi connectivity index (χ0v) is 23.4. The van der Waals surface area contributed by atoms with Crippen molar-refractivity contribution in [3.63, 3.8) is 0 Å². The fourth-order valence-electron chi connectivity index (χ4n) is 3.49. The van der Waals surface area contributed by atoms with Gasteiger partial charge in [0.2, 0.25) is 0 Å². The number of hydrogen-bond acceptors (Lipinski definition) is 9. The summed E-state index contributed by atoms with van der Waals surface area (Å²) in [5.74, 6) is 0.520. The topological polar surface area (TPSA) is 117 Å². The number of ether oxygens (including phenoxy) is 2. The number of anilines is 1. The summed E-state index contributed by atoms with van der Waals surface area (Å²) < 4.78 is 11.2. The van der Waals surface area contributed by atoms with Crippen LogP contribution in [0.25, 0.3) is 0 Å². The number of carbonyl (C=O) groups excluding carboxylic acids is 2. The van der Waals surface area contributed by atoms with Gasteiger partial charge in [-0.1, -0.05) is 36.4 Å². The van der Waals surface area contributed by atoms with Crippen molar-refractivity contribution < 1.29 is 19.1 Å². The Hall–Kier alpha value is -4.36. The van der Waals surface area contributed by atoms with Gasteiger partial charge in [0.25, 0.3) is 0 Å². The molecule has 0 radical (unpaired) electrons. The molecular formula is C29H31N5O4S. The van der Waals surface area contributed by atoms with E-state index in [2.05, 4.69) is 15.3 Å². The van der Waals surface area contributed by atoms with Crippen molar-refractivity contribution in [2.24, 2.45) is 0 Å². The molecule has 0 saturated heterocycles. The van der Waals surface area contributed by atoms with Gasteiger partial charge in [0.15, 0.2) is 11.5 Å². The smallest absolute Gasteiger partial charge is 0.410 e. The van der Waals surface area contributed by atoms with E-state index in [1.165, 1.54) is 37.3 Å². The first-order valence-electron chi connectivity index (χ1n) is 12.1. The molecule has 3 rings (SSSR count). The minimum absolute atomic E-state index is 0.199. The molecule has 2 aromatic carbocycles. The van der Waals surface area contributed by atoms with E-state index in [4.69, 9.17) is 14.7 Å². The summed E-state index contributed by atoms with van der Waals surface area (Å²) in [6, 6.07) is 16.8. The van der Waals surface area contributed by atoms with Crippen molar-refractivity contribution >= 4 is 29.5 Å². The summed E-state index contributed by atoms with van der Waals surface area (Å²) in [6.45, 7) is 6.11. The number of rotatable bonds is 10. The third-order valence-electron chi connectivity index (χ3n) is 5.27. The number of nitrogens with one attached hydrogen (secondary N) is 1. The molecule has 39 heavy (non-hydrogen) atoms. The Labute approximate surface area is 232 Å². The number of benzene rings is 2. The van der Waals surface area contributed by atoms with E-state index in [0.29, 0.717) is 28.7 Å². The van der Waals surface area contributed by atoms with Gasteiger partial charge in [-0.05, 0) is 50.3 Å². The van der Waals surface area contributed by atoms with Crippen molar-refractivity contribution in [2.45, 2.75) is 39.5 Å². The summed E-state index contributed by atoms with van der Waals surface area (Å²) in [5, 5.41) is 12.5. The molecule has 0 aliphatic rings. The molecule has 1 N–H and O–H groups in total. The first-order chi connectivity index (χ1) is 18.6. The third-order valence-corrected chi connectivity index (χ3v) is 5.93. The second-order valence-corrected chi connectivity index (χ2v) is 10.3. The lowest BCUT2D eigenvalue weighted by Crippen LogP contribution is -2.36. The summed E-state index contributed by atoms with van der Waals surface area (Å²) in [5.41, 5.74) is 1.68. The Morgan fingerprint density at radius 3 is 2.38 bits per heavy atom. The highest BCUT2D eigenvalue weighted by atomic mass is 32.2. The van der Waals surface area contributed by atoms with Crippen LogP contribution in [0.3, 0.4) is 0 Å². The van der Waals surface area contributed by atoms with Gasteiger partial charge in [0.1, 0.15) is 23.2 Å². The van der Waals surface area contributed by atoms with Crippen LogP contribution in [0.1, 0.15) is 48.0 Å². The quantitative estimate of drug-likeness (QED) is 0.249. The normalized spacial score (nSPS) is 11.3. The van der Waals surface area contributed by atoms with Crippen LogP contribution in [0.15, 0.2) is 72.0 Å². The monoisotopic (exact) mass is 545 g/mol. The van der Waals surface area contributed by atoms with E-state index in [-0.39, 0.29) is 18.0 Å². The molecule has 1 amide bonds. The lowest BCUT2D eigenvalue weighted by atomic mass is 10.1. The molecule has 0 atom stereocenters. The number of allylic oxidation sites excluding steroid dienone is 1. The van der Waals surface area contributed by atoms with Crippen LogP contribution in [-0.2, 0) is 17.8 Å². The molecule has 1 heterocycles. The van der Waals surface area contributed by atoms with Crippen LogP contribution >= 0.6 is 11.8 Å². The zero-order valence-electron chi connectivity index (χ0n) is 22.6. The molecule has 202 valence electrons. The van der Waals surface area contributed by atoms with E-state index >= 15 is 0 Å². The highest BCUT2D eigenvalue weighted by Gasteiger charge is 2.23. The van der Waals surface area contributed by atoms with Crippen molar-refractivity contribution in [2.75, 3.05) is 18.7 Å². The molecule has 10 heteroatoms. The number of hydrogen-bond donors (Lipinski definition) is 1. The van der Waals surface area contributed by atoms with E-state index in [9.17, 15) is 9.59 Å². The molecular weight excluding hydrogens is 514 g/mol. The minimum Gasteiger partial charge on any atom is -0.496 e. The van der Waals surface area contributed by atoms with Gasteiger partial charge in [-0.25, -0.2) is 14.8 Å². The van der Waals surface area contributed by atoms with Crippen LogP contribution in [-0.4, -0.2) is 45.7 Å². The average Bonchev–Trinajstić information content (AvgIpc) is 2.92. The summed E-state index contributed by atoms with van der Waals surface area (Å²) in [7, 11) is 1.50. The van der Waals surface area contributed by atoms with Crippen molar-refractivity contribution in [1.82, 2.24) is 14.9 Å². The van der Waals surface area contributed by atoms with Crippen LogP contribution in [0.2, 0.25) is 0 Å². The number of nitriles is 1. The minimum atomic E-state index is -0.640. The molecule has 0 saturated carbocycles. The maximum absolute atomic E-state index is 13.2. The van der Waals surface area contributed by atoms with Gasteiger partial charge in [0.05, 0.1) is 30.1 Å². The molecule has 3 aromatic rings. The average molecular weight is 546 g/mol. The van der Waals surface area contributed by atoms with Gasteiger partial charge in [0, 0.05) is 19.2 Å². The first kappa shape index (κ1) is 29.2. The van der Waals surface area contributed by atoms with Crippen LogP contribution in [0.4, 0.5) is 10.6 Å². The second-order valence-electron chi connectivity index (χ2n) is 9.46. The number of ketones is 1. The molecule has 0 fully saturated rings. The fraction of sp³-hybridized carbons (Fsp3) is 0.276. The number of nitrogens with zero attached hydrogens (tertiary/aromatic N) is 4. The molecule has 0 aliphatic carbocycles. The maximum atomic E-state index is 13.2. The van der Waals surface area contributed by atoms with Crippen molar-refractivity contribution in [3.8, 4) is 11.8 Å². The standard InChI is InChI=1S/C29H31N5O4S/c1-29(2,3)38-28(36)34(18-20-9-7-6-8-10-20)19-21-11-12-23(25(13-21)37-4)24(35)14-27(39-5)33-26-17-31-22(15-30)16-32-26/h6-14,16-17H,18-19H2,1-5H3,(H,32,33). The number of methoxy groups -OCH3 is 1. The Morgan fingerprint density at radius 2 is 1.79 bits per heavy atom. The Bertz CT molecular complexity index is 1360. The Kier molecular flexibility index (Phi) is 10.1. The van der Waals surface area contributed by atoms with E-state index in [0.717, 1.165) is 11.1 Å². The number of aromatic nitrogens is 2. The molecule has 0 aliphatic heterocycles. The molecule has 1 aromatic heterocycles. The summed E-state index contributed by atoms with van der Waals surface area (Å²) in [4.78, 5) is 35.9. The summed E-state index contributed by atoms with van der Waals surface area (Å²) >= 11 is 1.33. The lowest BCUT2D eigenvalue weighted by Gasteiger charge is -2.28. The van der Waals surface area contributed by atoms with Crippen LogP contribution in [0, 0.1) is 11.3 Å². The largest absolute Gasteiger partial charge is 0.496 e. The number of amides is 1. The highest BCUT2D eigenvalue weighted by Crippen LogP contribution is 2.25. The fourth-order valence-corrected chi connectivity index (χ4v) is 3.92. The van der Waals surface area contributed by atoms with Crippen molar-refractivity contribution in [3.05, 3.63) is 94.4 Å². The molecule has 0 unspecified atom stereocenters. The maximum Gasteiger partial charge on any atom is 0.410 e. The van der Waals surface area contributed by atoms with E-state index in [1.54, 1.807) is 23.1 Å². The van der Waals surface area contributed by atoms with E-state index in [1.807, 2.05) is 63.4 Å². The lowest BCUT2D eigenvalue weighted by molar-refractivity contribution is 0.0216. The van der Waals surface area contributed by atoms with Crippen LogP contribution < -0.4 is 10.1 Å². The highest BCUT2D eigenvalue weighted by molar-refractivity contribution is 8.02. The molecule has 9 nitrogen and oxygen atoms in total. The van der Waals surface area contributed by atoms with Crippen LogP contribution in [0.5, 0.6) is 5.75 Å². The van der Waals surface area contributed by atoms with Gasteiger partial charge in [-0.3, -0.25) is 9.69 Å². The van der Waals surface area contributed by atoms with Gasteiger partial charge in [-0.15, -0.1) is 11.8 Å². The first-order valence-corrected chi connectivity index (χ1v) is 13.3. The zero-order chi connectivity index (χ0) is 28.4. The predicted octanol–water partition coefficient (Wildman–Crippen LogP) is 5.79. The Balaban J connectivity index is 1.82. The summed E-state index contributed by atoms with van der Waals surface area (Å²) in [6.07, 6.45) is 5.61. The predicted molar refractivity (Wildman–Crippen MR) is 151 cm³/mol. The van der Waals surface area contributed by atoms with Gasteiger partial charge in [-0.2, -0.15) is 5.26 Å². The Morgan fingerprint density at radius 1 is 1.08 bits per heavy atom. The third kappa shape index (κ3) is 8.86. The number of thioether (sulfide) groups is 1. The van der Waals surface area contributed by atoms with E-state index < -0.39 is 11.7 Å². The second kappa shape index (κ2) is 13.4.